The molecule has 0 aromatic heterocycles. The molecule has 0 spiro atoms. The normalized spacial score (nSPS) is 10.3. The van der Waals surface area contributed by atoms with Gasteiger partial charge in [0.1, 0.15) is 5.75 Å². The van der Waals surface area contributed by atoms with Crippen LogP contribution in [0.25, 0.3) is 0 Å². The van der Waals surface area contributed by atoms with E-state index in [-0.39, 0.29) is 0 Å². The molecule has 0 radical (unpaired) electrons. The molecule has 1 rings (SSSR count). The lowest BCUT2D eigenvalue weighted by molar-refractivity contribution is 0.116. The number of rotatable bonds is 8. The molecule has 0 aliphatic heterocycles. The molecule has 100 valence electrons. The summed E-state index contributed by atoms with van der Waals surface area (Å²) in [5.41, 5.74) is 5.93. The van der Waals surface area contributed by atoms with Gasteiger partial charge in [-0.1, -0.05) is 38.3 Å². The number of hydrogen-bond donors (Lipinski definition) is 1. The van der Waals surface area contributed by atoms with E-state index in [2.05, 4.69) is 6.92 Å². The minimum Gasteiger partial charge on any atom is -0.410 e. The number of ether oxygens (including phenoxy) is 2. The fourth-order valence-electron chi connectivity index (χ4n) is 1.64. The zero-order valence-electron chi connectivity index (χ0n) is 10.9. The Hall–Kier alpha value is -1.55. The summed E-state index contributed by atoms with van der Waals surface area (Å²) in [6.45, 7) is 3.48. The Morgan fingerprint density at radius 3 is 2.83 bits per heavy atom. The van der Waals surface area contributed by atoms with Gasteiger partial charge in [-0.3, -0.25) is 0 Å². The zero-order chi connectivity index (χ0) is 13.2. The average molecular weight is 251 g/mol. The molecule has 0 saturated carbocycles. The summed E-state index contributed by atoms with van der Waals surface area (Å²) in [6.07, 6.45) is 3.98. The maximum Gasteiger partial charge on any atom is 0.409 e. The molecule has 0 aliphatic rings. The minimum absolute atomic E-state index is 0.453. The van der Waals surface area contributed by atoms with Gasteiger partial charge in [0.15, 0.2) is 0 Å². The van der Waals surface area contributed by atoms with Gasteiger partial charge in [-0.2, -0.15) is 0 Å². The van der Waals surface area contributed by atoms with Gasteiger partial charge in [0.05, 0.1) is 6.61 Å². The van der Waals surface area contributed by atoms with E-state index in [0.717, 1.165) is 18.6 Å². The third-order valence-corrected chi connectivity index (χ3v) is 2.53. The molecule has 4 heteroatoms. The van der Waals surface area contributed by atoms with Crippen LogP contribution in [-0.2, 0) is 11.3 Å². The molecular formula is C14H21NO3. The van der Waals surface area contributed by atoms with Crippen LogP contribution >= 0.6 is 0 Å². The summed E-state index contributed by atoms with van der Waals surface area (Å²) < 4.78 is 10.4. The largest absolute Gasteiger partial charge is 0.410 e. The second-order valence-electron chi connectivity index (χ2n) is 4.18. The first-order valence-corrected chi connectivity index (χ1v) is 6.36. The minimum atomic E-state index is -0.798. The fourth-order valence-corrected chi connectivity index (χ4v) is 1.64. The van der Waals surface area contributed by atoms with E-state index in [4.69, 9.17) is 15.2 Å². The number of carbonyl (C=O) groups is 1. The van der Waals surface area contributed by atoms with Crippen LogP contribution in [0.2, 0.25) is 0 Å². The van der Waals surface area contributed by atoms with Gasteiger partial charge in [0.25, 0.3) is 0 Å². The van der Waals surface area contributed by atoms with Gasteiger partial charge in [-0.15, -0.1) is 0 Å². The molecule has 2 N–H and O–H groups in total. The van der Waals surface area contributed by atoms with Crippen molar-refractivity contribution in [2.24, 2.45) is 5.73 Å². The lowest BCUT2D eigenvalue weighted by atomic mass is 10.2. The van der Waals surface area contributed by atoms with Crippen molar-refractivity contribution in [3.05, 3.63) is 29.8 Å². The number of benzene rings is 1. The van der Waals surface area contributed by atoms with E-state index < -0.39 is 6.09 Å². The van der Waals surface area contributed by atoms with Crippen LogP contribution in [-0.4, -0.2) is 12.7 Å². The first kappa shape index (κ1) is 14.5. The van der Waals surface area contributed by atoms with Crippen LogP contribution < -0.4 is 10.5 Å². The average Bonchev–Trinajstić information content (AvgIpc) is 2.33. The highest BCUT2D eigenvalue weighted by Gasteiger charge is 2.00. The van der Waals surface area contributed by atoms with Gasteiger partial charge in [-0.05, 0) is 24.1 Å². The standard InChI is InChI=1S/C14H21NO3/c1-2-3-4-5-9-17-11-12-7-6-8-13(10-12)18-14(15)16/h6-8,10H,2-5,9,11H2,1H3,(H2,15,16). The third-order valence-electron chi connectivity index (χ3n) is 2.53. The number of carbonyl (C=O) groups excluding carboxylic acids is 1. The summed E-state index contributed by atoms with van der Waals surface area (Å²) in [4.78, 5) is 10.6. The SMILES string of the molecule is CCCCCCOCc1cccc(OC(N)=O)c1. The van der Waals surface area contributed by atoms with Crippen molar-refractivity contribution in [1.82, 2.24) is 0 Å². The van der Waals surface area contributed by atoms with Crippen LogP contribution in [0, 0.1) is 0 Å². The van der Waals surface area contributed by atoms with E-state index in [0.29, 0.717) is 12.4 Å². The molecule has 0 aliphatic carbocycles. The fraction of sp³-hybridized carbons (Fsp3) is 0.500. The molecule has 0 unspecified atom stereocenters. The van der Waals surface area contributed by atoms with E-state index in [1.54, 1.807) is 12.1 Å². The molecule has 1 aromatic rings. The summed E-state index contributed by atoms with van der Waals surface area (Å²) in [7, 11) is 0. The highest BCUT2D eigenvalue weighted by atomic mass is 16.5. The smallest absolute Gasteiger partial charge is 0.409 e. The molecule has 0 saturated heterocycles. The van der Waals surface area contributed by atoms with Crippen molar-refractivity contribution in [2.75, 3.05) is 6.61 Å². The van der Waals surface area contributed by atoms with E-state index >= 15 is 0 Å². The number of amides is 1. The number of primary amides is 1. The first-order chi connectivity index (χ1) is 8.72. The lowest BCUT2D eigenvalue weighted by Gasteiger charge is -2.06. The Bertz CT molecular complexity index is 366. The Morgan fingerprint density at radius 1 is 1.28 bits per heavy atom. The quantitative estimate of drug-likeness (QED) is 0.721. The molecule has 1 amide bonds. The highest BCUT2D eigenvalue weighted by molar-refractivity contribution is 5.68. The molecule has 1 aromatic carbocycles. The van der Waals surface area contributed by atoms with Gasteiger partial charge in [0, 0.05) is 6.61 Å². The molecule has 0 bridgehead atoms. The van der Waals surface area contributed by atoms with Crippen molar-refractivity contribution in [2.45, 2.75) is 39.2 Å². The molecular weight excluding hydrogens is 230 g/mol. The molecule has 4 nitrogen and oxygen atoms in total. The third kappa shape index (κ3) is 6.25. The van der Waals surface area contributed by atoms with Crippen molar-refractivity contribution < 1.29 is 14.3 Å². The van der Waals surface area contributed by atoms with Crippen molar-refractivity contribution in [3.8, 4) is 5.75 Å². The Morgan fingerprint density at radius 2 is 2.11 bits per heavy atom. The zero-order valence-corrected chi connectivity index (χ0v) is 10.9. The van der Waals surface area contributed by atoms with Gasteiger partial charge < -0.3 is 15.2 Å². The van der Waals surface area contributed by atoms with Gasteiger partial charge >= 0.3 is 6.09 Å². The van der Waals surface area contributed by atoms with Crippen LogP contribution in [0.5, 0.6) is 5.75 Å². The van der Waals surface area contributed by atoms with E-state index in [9.17, 15) is 4.79 Å². The van der Waals surface area contributed by atoms with Crippen LogP contribution in [0.1, 0.15) is 38.2 Å². The van der Waals surface area contributed by atoms with Gasteiger partial charge in [-0.25, -0.2) is 4.79 Å². The molecule has 0 atom stereocenters. The highest BCUT2D eigenvalue weighted by Crippen LogP contribution is 2.14. The molecule has 0 heterocycles. The summed E-state index contributed by atoms with van der Waals surface area (Å²) in [5, 5.41) is 0. The second-order valence-corrected chi connectivity index (χ2v) is 4.18. The van der Waals surface area contributed by atoms with Crippen LogP contribution in [0.15, 0.2) is 24.3 Å². The van der Waals surface area contributed by atoms with E-state index in [1.807, 2.05) is 12.1 Å². The lowest BCUT2D eigenvalue weighted by Crippen LogP contribution is -2.16. The van der Waals surface area contributed by atoms with Crippen molar-refractivity contribution >= 4 is 6.09 Å². The Balaban J connectivity index is 2.27. The predicted molar refractivity (Wildman–Crippen MR) is 70.5 cm³/mol. The first-order valence-electron chi connectivity index (χ1n) is 6.36. The Labute approximate surface area is 108 Å². The van der Waals surface area contributed by atoms with Crippen LogP contribution in [0.3, 0.4) is 0 Å². The summed E-state index contributed by atoms with van der Waals surface area (Å²) in [6, 6.07) is 7.19. The van der Waals surface area contributed by atoms with E-state index in [1.165, 1.54) is 19.3 Å². The van der Waals surface area contributed by atoms with Crippen LogP contribution in [0.4, 0.5) is 4.79 Å². The summed E-state index contributed by atoms with van der Waals surface area (Å²) >= 11 is 0. The number of unbranched alkanes of at least 4 members (excludes halogenated alkanes) is 3. The van der Waals surface area contributed by atoms with Gasteiger partial charge in [0.2, 0.25) is 0 Å². The second kappa shape index (κ2) is 8.53. The number of hydrogen-bond acceptors (Lipinski definition) is 3. The molecule has 18 heavy (non-hydrogen) atoms. The maximum atomic E-state index is 10.6. The Kier molecular flexibility index (Phi) is 6.87. The maximum absolute atomic E-state index is 10.6. The van der Waals surface area contributed by atoms with Crippen molar-refractivity contribution in [1.29, 1.82) is 0 Å². The molecule has 0 fully saturated rings. The predicted octanol–water partition coefficient (Wildman–Crippen LogP) is 3.24. The topological polar surface area (TPSA) is 61.6 Å². The monoisotopic (exact) mass is 251 g/mol. The summed E-state index contributed by atoms with van der Waals surface area (Å²) in [5.74, 6) is 0.453. The number of nitrogens with two attached hydrogens (primary N) is 1. The van der Waals surface area contributed by atoms with Crippen molar-refractivity contribution in [3.63, 3.8) is 0 Å².